The van der Waals surface area contributed by atoms with Crippen molar-refractivity contribution in [1.82, 2.24) is 15.8 Å². The molecule has 2 amide bonds. The van der Waals surface area contributed by atoms with Crippen LogP contribution in [-0.4, -0.2) is 35.3 Å². The number of ether oxygens (including phenoxy) is 2. The van der Waals surface area contributed by atoms with E-state index in [1.807, 2.05) is 20.8 Å². The number of amides is 2. The number of nitrogens with one attached hydrogen (secondary N) is 4. The van der Waals surface area contributed by atoms with E-state index in [4.69, 9.17) is 32.2 Å². The second kappa shape index (κ2) is 12.6. The van der Waals surface area contributed by atoms with Crippen molar-refractivity contribution in [2.75, 3.05) is 11.9 Å². The van der Waals surface area contributed by atoms with E-state index in [2.05, 4.69) is 21.2 Å². The third kappa shape index (κ3) is 7.58. The average Bonchev–Trinajstić information content (AvgIpc) is 2.87. The molecule has 0 radical (unpaired) electrons. The number of rotatable bonds is 10. The zero-order valence-corrected chi connectivity index (χ0v) is 21.4. The van der Waals surface area contributed by atoms with Crippen molar-refractivity contribution in [1.29, 1.82) is 5.41 Å². The molecule has 0 aliphatic heterocycles. The number of hydrazine groups is 1. The fraction of sp³-hybridized carbons (Fsp3) is 0.231. The van der Waals surface area contributed by atoms with Crippen LogP contribution in [0.2, 0.25) is 5.15 Å². The molecule has 37 heavy (non-hydrogen) atoms. The molecule has 194 valence electrons. The van der Waals surface area contributed by atoms with Gasteiger partial charge in [0.05, 0.1) is 12.7 Å². The Balaban J connectivity index is 1.89. The number of carbonyl (C=O) groups is 2. The highest BCUT2D eigenvalue weighted by molar-refractivity contribution is 6.29. The fourth-order valence-corrected chi connectivity index (χ4v) is 3.49. The van der Waals surface area contributed by atoms with E-state index in [-0.39, 0.29) is 22.8 Å². The molecule has 1 unspecified atom stereocenters. The van der Waals surface area contributed by atoms with E-state index in [1.165, 1.54) is 12.1 Å². The standard InChI is InChI=1S/C26H29ClN6O4/c1-4-36-21-14-17(10-13-20(21)37-15(2)3)23(30-18-11-8-16(9-12-18)24(28)29)26(35)33-32-25(34)19-6-5-7-22(27)31-19/h5-15,23,30H,4H2,1-3H3,(H3,28,29)(H,32,34)(H,33,35). The Hall–Kier alpha value is -4.31. The van der Waals surface area contributed by atoms with Crippen LogP contribution in [0.5, 0.6) is 11.5 Å². The van der Waals surface area contributed by atoms with E-state index < -0.39 is 17.9 Å². The Bertz CT molecular complexity index is 1270. The van der Waals surface area contributed by atoms with Crippen LogP contribution < -0.4 is 31.4 Å². The zero-order valence-electron chi connectivity index (χ0n) is 20.7. The van der Waals surface area contributed by atoms with Gasteiger partial charge < -0.3 is 20.5 Å². The van der Waals surface area contributed by atoms with E-state index >= 15 is 0 Å². The molecule has 6 N–H and O–H groups in total. The van der Waals surface area contributed by atoms with Crippen LogP contribution in [-0.2, 0) is 4.79 Å². The third-order valence-corrected chi connectivity index (χ3v) is 5.19. The van der Waals surface area contributed by atoms with Gasteiger partial charge in [-0.1, -0.05) is 23.7 Å². The lowest BCUT2D eigenvalue weighted by molar-refractivity contribution is -0.122. The van der Waals surface area contributed by atoms with Gasteiger partial charge in [-0.3, -0.25) is 25.8 Å². The predicted octanol–water partition coefficient (Wildman–Crippen LogP) is 3.82. The van der Waals surface area contributed by atoms with Gasteiger partial charge >= 0.3 is 0 Å². The van der Waals surface area contributed by atoms with Crippen molar-refractivity contribution in [3.05, 3.63) is 82.6 Å². The quantitative estimate of drug-likeness (QED) is 0.117. The lowest BCUT2D eigenvalue weighted by Crippen LogP contribution is -2.45. The summed E-state index contributed by atoms with van der Waals surface area (Å²) in [7, 11) is 0. The molecule has 3 rings (SSSR count). The number of hydrogen-bond donors (Lipinski definition) is 5. The summed E-state index contributed by atoms with van der Waals surface area (Å²) in [5, 5.41) is 10.9. The van der Waals surface area contributed by atoms with Crippen molar-refractivity contribution >= 4 is 34.9 Å². The van der Waals surface area contributed by atoms with Gasteiger partial charge in [0, 0.05) is 11.3 Å². The average molecular weight is 525 g/mol. The molecule has 0 aliphatic carbocycles. The number of nitrogens with two attached hydrogens (primary N) is 1. The number of benzene rings is 2. The largest absolute Gasteiger partial charge is 0.490 e. The van der Waals surface area contributed by atoms with Crippen LogP contribution in [0.4, 0.5) is 5.69 Å². The van der Waals surface area contributed by atoms with Gasteiger partial charge in [0.1, 0.15) is 22.7 Å². The SMILES string of the molecule is CCOc1cc(C(Nc2ccc(C(=N)N)cc2)C(=O)NNC(=O)c2cccc(Cl)n2)ccc1OC(C)C. The van der Waals surface area contributed by atoms with Gasteiger partial charge in [0.25, 0.3) is 11.8 Å². The molecule has 0 saturated carbocycles. The van der Waals surface area contributed by atoms with Crippen LogP contribution in [0, 0.1) is 5.41 Å². The molecule has 11 heteroatoms. The van der Waals surface area contributed by atoms with Crippen LogP contribution in [0.25, 0.3) is 0 Å². The molecule has 0 fully saturated rings. The van der Waals surface area contributed by atoms with Crippen LogP contribution in [0.3, 0.4) is 0 Å². The summed E-state index contributed by atoms with van der Waals surface area (Å²) in [4.78, 5) is 29.7. The van der Waals surface area contributed by atoms with Crippen molar-refractivity contribution < 1.29 is 19.1 Å². The zero-order chi connectivity index (χ0) is 26.9. The molecule has 1 heterocycles. The summed E-state index contributed by atoms with van der Waals surface area (Å²) < 4.78 is 11.6. The maximum Gasteiger partial charge on any atom is 0.288 e. The fourth-order valence-electron chi connectivity index (χ4n) is 3.33. The highest BCUT2D eigenvalue weighted by Crippen LogP contribution is 2.32. The summed E-state index contributed by atoms with van der Waals surface area (Å²) in [6.45, 7) is 6.06. The Morgan fingerprint density at radius 2 is 1.78 bits per heavy atom. The maximum atomic E-state index is 13.3. The highest BCUT2D eigenvalue weighted by atomic mass is 35.5. The van der Waals surface area contributed by atoms with E-state index in [0.29, 0.717) is 34.9 Å². The van der Waals surface area contributed by atoms with Crippen LogP contribution >= 0.6 is 11.6 Å². The molecule has 0 aliphatic rings. The number of carbonyl (C=O) groups excluding carboxylic acids is 2. The predicted molar refractivity (Wildman–Crippen MR) is 142 cm³/mol. The molecule has 3 aromatic rings. The van der Waals surface area contributed by atoms with Gasteiger partial charge in [-0.25, -0.2) is 4.98 Å². The van der Waals surface area contributed by atoms with E-state index in [9.17, 15) is 9.59 Å². The molecule has 1 aromatic heterocycles. The lowest BCUT2D eigenvalue weighted by atomic mass is 10.0. The maximum absolute atomic E-state index is 13.3. The number of nitrogens with zero attached hydrogens (tertiary/aromatic N) is 1. The van der Waals surface area contributed by atoms with Gasteiger partial charge in [-0.15, -0.1) is 0 Å². The summed E-state index contributed by atoms with van der Waals surface area (Å²) in [5.41, 5.74) is 12.1. The number of anilines is 1. The van der Waals surface area contributed by atoms with Crippen molar-refractivity contribution in [2.45, 2.75) is 32.9 Å². The molecular formula is C26H29ClN6O4. The second-order valence-electron chi connectivity index (χ2n) is 8.16. The minimum Gasteiger partial charge on any atom is -0.490 e. The first kappa shape index (κ1) is 27.3. The molecular weight excluding hydrogens is 496 g/mol. The Kier molecular flexibility index (Phi) is 9.28. The van der Waals surface area contributed by atoms with E-state index in [1.54, 1.807) is 48.5 Å². The van der Waals surface area contributed by atoms with E-state index in [0.717, 1.165) is 0 Å². The minimum absolute atomic E-state index is 0.0472. The molecule has 10 nitrogen and oxygen atoms in total. The Morgan fingerprint density at radius 1 is 1.05 bits per heavy atom. The highest BCUT2D eigenvalue weighted by Gasteiger charge is 2.24. The summed E-state index contributed by atoms with van der Waals surface area (Å²) in [6, 6.07) is 15.6. The Morgan fingerprint density at radius 3 is 2.41 bits per heavy atom. The van der Waals surface area contributed by atoms with Crippen LogP contribution in [0.1, 0.15) is 48.4 Å². The van der Waals surface area contributed by atoms with Gasteiger partial charge in [-0.05, 0) is 74.9 Å². The molecule has 0 bridgehead atoms. The number of aromatic nitrogens is 1. The van der Waals surface area contributed by atoms with Crippen molar-refractivity contribution in [3.63, 3.8) is 0 Å². The summed E-state index contributed by atoms with van der Waals surface area (Å²) in [5.74, 6) is -0.222. The van der Waals surface area contributed by atoms with Gasteiger partial charge in [0.2, 0.25) is 0 Å². The molecule has 1 atom stereocenters. The number of hydrogen-bond acceptors (Lipinski definition) is 7. The van der Waals surface area contributed by atoms with Crippen molar-refractivity contribution in [2.24, 2.45) is 5.73 Å². The molecule has 0 saturated heterocycles. The first-order chi connectivity index (χ1) is 17.7. The second-order valence-corrected chi connectivity index (χ2v) is 8.55. The monoisotopic (exact) mass is 524 g/mol. The van der Waals surface area contributed by atoms with Gasteiger partial charge in [-0.2, -0.15) is 0 Å². The third-order valence-electron chi connectivity index (χ3n) is 4.98. The van der Waals surface area contributed by atoms with Crippen LogP contribution in [0.15, 0.2) is 60.7 Å². The minimum atomic E-state index is -0.942. The normalized spacial score (nSPS) is 11.4. The number of pyridine rings is 1. The summed E-state index contributed by atoms with van der Waals surface area (Å²) in [6.07, 6.45) is -0.0719. The van der Waals surface area contributed by atoms with Gasteiger partial charge in [0.15, 0.2) is 11.5 Å². The number of halogens is 1. The molecule has 2 aromatic carbocycles. The molecule has 0 spiro atoms. The lowest BCUT2D eigenvalue weighted by Gasteiger charge is -2.22. The first-order valence-corrected chi connectivity index (χ1v) is 11.9. The number of nitrogen functional groups attached to an aromatic ring is 1. The topological polar surface area (TPSA) is 151 Å². The van der Waals surface area contributed by atoms with Crippen molar-refractivity contribution in [3.8, 4) is 11.5 Å². The Labute approximate surface area is 220 Å². The smallest absolute Gasteiger partial charge is 0.288 e. The number of amidine groups is 1. The summed E-state index contributed by atoms with van der Waals surface area (Å²) >= 11 is 5.86. The first-order valence-electron chi connectivity index (χ1n) is 11.5.